The van der Waals surface area contributed by atoms with Crippen LogP contribution in [0.1, 0.15) is 52.7 Å². The van der Waals surface area contributed by atoms with Crippen LogP contribution in [-0.4, -0.2) is 69.2 Å². The van der Waals surface area contributed by atoms with Crippen molar-refractivity contribution in [3.8, 4) is 5.75 Å². The number of carbonyl (C=O) groups excluding carboxylic acids is 1. The molecule has 2 aromatic carbocycles. The number of carbonyl (C=O) groups is 1. The largest absolute Gasteiger partial charge is 0.491 e. The average molecular weight is 513 g/mol. The zero-order valence-corrected chi connectivity index (χ0v) is 21.8. The average Bonchev–Trinajstić information content (AvgIpc) is 3.55. The summed E-state index contributed by atoms with van der Waals surface area (Å²) in [7, 11) is -2.97. The van der Waals surface area contributed by atoms with Crippen LogP contribution in [0.3, 0.4) is 0 Å². The van der Waals surface area contributed by atoms with Gasteiger partial charge in [-0.1, -0.05) is 18.2 Å². The highest BCUT2D eigenvalue weighted by Crippen LogP contribution is 2.25. The fourth-order valence-corrected chi connectivity index (χ4v) is 6.53. The summed E-state index contributed by atoms with van der Waals surface area (Å²) in [5.74, 6) is 0.699. The van der Waals surface area contributed by atoms with Gasteiger partial charge in [0.15, 0.2) is 9.84 Å². The Morgan fingerprint density at radius 3 is 2.67 bits per heavy atom. The van der Waals surface area contributed by atoms with Crippen LogP contribution in [0.4, 0.5) is 0 Å². The van der Waals surface area contributed by atoms with Gasteiger partial charge in [-0.2, -0.15) is 0 Å². The van der Waals surface area contributed by atoms with Gasteiger partial charge in [-0.25, -0.2) is 8.42 Å². The molecular weight excluding hydrogens is 476 g/mol. The maximum atomic E-state index is 12.8. The van der Waals surface area contributed by atoms with E-state index in [2.05, 4.69) is 28.4 Å². The monoisotopic (exact) mass is 512 g/mol. The van der Waals surface area contributed by atoms with Crippen molar-refractivity contribution in [2.45, 2.75) is 62.5 Å². The highest BCUT2D eigenvalue weighted by molar-refractivity contribution is 7.91. The summed E-state index contributed by atoms with van der Waals surface area (Å²) in [5, 5.41) is 2.96. The number of nitrogens with zero attached hydrogens (tertiary/aromatic N) is 1. The second-order valence-corrected chi connectivity index (χ2v) is 12.8. The first-order valence-corrected chi connectivity index (χ1v) is 15.0. The van der Waals surface area contributed by atoms with Crippen LogP contribution in [0.15, 0.2) is 42.5 Å². The number of hydrogen-bond donors (Lipinski definition) is 1. The predicted molar refractivity (Wildman–Crippen MR) is 139 cm³/mol. The Bertz CT molecular complexity index is 1170. The lowest BCUT2D eigenvalue weighted by molar-refractivity contribution is 0.0679. The molecule has 1 N–H and O–H groups in total. The molecular formula is C28H36N2O5S. The van der Waals surface area contributed by atoms with Crippen LogP contribution in [-0.2, 0) is 34.0 Å². The molecule has 0 spiro atoms. The maximum Gasteiger partial charge on any atom is 0.251 e. The van der Waals surface area contributed by atoms with Crippen molar-refractivity contribution < 1.29 is 22.7 Å². The lowest BCUT2D eigenvalue weighted by atomic mass is 9.87. The zero-order valence-electron chi connectivity index (χ0n) is 20.9. The molecule has 3 aliphatic rings. The van der Waals surface area contributed by atoms with Crippen molar-refractivity contribution in [3.05, 3.63) is 64.7 Å². The van der Waals surface area contributed by atoms with E-state index in [0.29, 0.717) is 18.7 Å². The third-order valence-corrected chi connectivity index (χ3v) is 9.25. The first-order valence-electron chi connectivity index (χ1n) is 13.0. The standard InChI is InChI=1S/C28H36N2O5S/c1-36(32,33)27-12-13-30(18-27)17-20-4-5-23-16-24(9-6-22(23)15-20)29-28(31)21-7-10-25(11-8-21)35-19-26-3-2-14-34-26/h4-5,7-8,10-11,15,24,26-27H,2-3,6,9,12-14,16-19H2,1H3,(H,29,31)/t24-,26-,27?/m0/s1. The van der Waals surface area contributed by atoms with Gasteiger partial charge in [-0.3, -0.25) is 9.69 Å². The van der Waals surface area contributed by atoms with Crippen LogP contribution >= 0.6 is 0 Å². The lowest BCUT2D eigenvalue weighted by Gasteiger charge is -2.26. The van der Waals surface area contributed by atoms with E-state index >= 15 is 0 Å². The predicted octanol–water partition coefficient (Wildman–Crippen LogP) is 3.15. The van der Waals surface area contributed by atoms with Crippen LogP contribution < -0.4 is 10.1 Å². The molecule has 0 saturated carbocycles. The first-order chi connectivity index (χ1) is 17.3. The van der Waals surface area contributed by atoms with E-state index in [4.69, 9.17) is 9.47 Å². The van der Waals surface area contributed by atoms with Crippen molar-refractivity contribution in [2.24, 2.45) is 0 Å². The van der Waals surface area contributed by atoms with Gasteiger partial charge >= 0.3 is 0 Å². The molecule has 0 radical (unpaired) electrons. The van der Waals surface area contributed by atoms with E-state index in [9.17, 15) is 13.2 Å². The molecule has 1 amide bonds. The third-order valence-electron chi connectivity index (χ3n) is 7.65. The summed E-state index contributed by atoms with van der Waals surface area (Å²) in [6.07, 6.45) is 7.02. The smallest absolute Gasteiger partial charge is 0.251 e. The SMILES string of the molecule is CS(=O)(=O)C1CCN(Cc2ccc3c(c2)CC[C@H](NC(=O)c2ccc(OC[C@@H]4CCCO4)cc2)C3)C1. The summed E-state index contributed by atoms with van der Waals surface area (Å²) >= 11 is 0. The minimum absolute atomic E-state index is 0.0554. The Morgan fingerprint density at radius 1 is 1.11 bits per heavy atom. The highest BCUT2D eigenvalue weighted by Gasteiger charge is 2.30. The Morgan fingerprint density at radius 2 is 1.94 bits per heavy atom. The van der Waals surface area contributed by atoms with Gasteiger partial charge in [0.05, 0.1) is 11.4 Å². The minimum atomic E-state index is -2.97. The summed E-state index contributed by atoms with van der Waals surface area (Å²) in [6.45, 7) is 3.59. The van der Waals surface area contributed by atoms with Gasteiger partial charge in [0.2, 0.25) is 0 Å². The second kappa shape index (κ2) is 10.9. The zero-order chi connectivity index (χ0) is 25.1. The Hall–Kier alpha value is -2.42. The summed E-state index contributed by atoms with van der Waals surface area (Å²) in [5.41, 5.74) is 4.49. The van der Waals surface area contributed by atoms with E-state index in [1.54, 1.807) is 0 Å². The molecule has 0 bridgehead atoms. The molecule has 2 saturated heterocycles. The van der Waals surface area contributed by atoms with Gasteiger partial charge in [0, 0.05) is 37.6 Å². The van der Waals surface area contributed by atoms with Crippen molar-refractivity contribution in [3.63, 3.8) is 0 Å². The molecule has 2 aromatic rings. The normalized spacial score (nSPS) is 24.4. The molecule has 2 aliphatic heterocycles. The van der Waals surface area contributed by atoms with Gasteiger partial charge in [0.25, 0.3) is 5.91 Å². The van der Waals surface area contributed by atoms with Gasteiger partial charge in [-0.05, 0) is 86.0 Å². The lowest BCUT2D eigenvalue weighted by Crippen LogP contribution is -2.38. The Kier molecular flexibility index (Phi) is 7.65. The van der Waals surface area contributed by atoms with Crippen LogP contribution in [0.5, 0.6) is 5.75 Å². The number of fused-ring (bicyclic) bond motifs is 1. The van der Waals surface area contributed by atoms with Crippen molar-refractivity contribution >= 4 is 15.7 Å². The number of benzene rings is 2. The molecule has 8 heteroatoms. The van der Waals surface area contributed by atoms with Gasteiger partial charge in [0.1, 0.15) is 12.4 Å². The number of hydrogen-bond acceptors (Lipinski definition) is 6. The molecule has 2 heterocycles. The van der Waals surface area contributed by atoms with Crippen LogP contribution in [0.2, 0.25) is 0 Å². The van der Waals surface area contributed by atoms with Crippen molar-refractivity contribution in [1.82, 2.24) is 10.2 Å². The molecule has 7 nitrogen and oxygen atoms in total. The molecule has 5 rings (SSSR count). The molecule has 2 fully saturated rings. The summed E-state index contributed by atoms with van der Waals surface area (Å²) < 4.78 is 35.1. The van der Waals surface area contributed by atoms with E-state index in [-0.39, 0.29) is 23.3 Å². The van der Waals surface area contributed by atoms with Crippen molar-refractivity contribution in [1.29, 1.82) is 0 Å². The second-order valence-electron chi connectivity index (χ2n) is 10.5. The fraction of sp³-hybridized carbons (Fsp3) is 0.536. The maximum absolute atomic E-state index is 12.8. The Balaban J connectivity index is 1.11. The first kappa shape index (κ1) is 25.2. The van der Waals surface area contributed by atoms with E-state index in [1.807, 2.05) is 24.3 Å². The van der Waals surface area contributed by atoms with Crippen LogP contribution in [0, 0.1) is 0 Å². The number of aryl methyl sites for hydroxylation is 1. The summed E-state index contributed by atoms with van der Waals surface area (Å²) in [4.78, 5) is 15.1. The Labute approximate surface area is 214 Å². The van der Waals surface area contributed by atoms with Crippen LogP contribution in [0.25, 0.3) is 0 Å². The molecule has 1 aliphatic carbocycles. The highest BCUT2D eigenvalue weighted by atomic mass is 32.2. The number of ether oxygens (including phenoxy) is 2. The van der Waals surface area contributed by atoms with E-state index in [1.165, 1.54) is 22.9 Å². The van der Waals surface area contributed by atoms with Gasteiger partial charge < -0.3 is 14.8 Å². The molecule has 1 unspecified atom stereocenters. The number of nitrogens with one attached hydrogen (secondary N) is 1. The fourth-order valence-electron chi connectivity index (χ4n) is 5.51. The van der Waals surface area contributed by atoms with E-state index < -0.39 is 9.84 Å². The molecule has 36 heavy (non-hydrogen) atoms. The van der Waals surface area contributed by atoms with Crippen molar-refractivity contribution in [2.75, 3.05) is 32.6 Å². The molecule has 0 aromatic heterocycles. The van der Waals surface area contributed by atoms with Gasteiger partial charge in [-0.15, -0.1) is 0 Å². The molecule has 194 valence electrons. The number of sulfone groups is 1. The van der Waals surface area contributed by atoms with E-state index in [0.717, 1.165) is 64.0 Å². The number of amides is 1. The molecule has 3 atom stereocenters. The topological polar surface area (TPSA) is 84.9 Å². The summed E-state index contributed by atoms with van der Waals surface area (Å²) in [6, 6.07) is 14.0. The minimum Gasteiger partial charge on any atom is -0.491 e. The number of rotatable bonds is 8. The quantitative estimate of drug-likeness (QED) is 0.585. The third kappa shape index (κ3) is 6.28. The number of likely N-dealkylation sites (tertiary alicyclic amines) is 1.